The lowest BCUT2D eigenvalue weighted by atomic mass is 10.2. The highest BCUT2D eigenvalue weighted by Gasteiger charge is 2.22. The highest BCUT2D eigenvalue weighted by atomic mass is 16.5. The quantitative estimate of drug-likeness (QED) is 0.375. The van der Waals surface area contributed by atoms with Crippen molar-refractivity contribution in [3.05, 3.63) is 70.8 Å². The summed E-state index contributed by atoms with van der Waals surface area (Å²) < 4.78 is 8.55. The number of hydrogen-bond acceptors (Lipinski definition) is 6. The lowest BCUT2D eigenvalue weighted by Gasteiger charge is -2.12. The molecular formula is C25H23N5O3. The average molecular weight is 441 g/mol. The second kappa shape index (κ2) is 8.12. The normalized spacial score (nSPS) is 12.5. The number of fused-ring (bicyclic) bond motifs is 4. The maximum atomic E-state index is 13.5. The molecule has 0 amide bonds. The van der Waals surface area contributed by atoms with Crippen LogP contribution in [0.3, 0.4) is 0 Å². The van der Waals surface area contributed by atoms with Gasteiger partial charge in [-0.25, -0.2) is 19.7 Å². The summed E-state index contributed by atoms with van der Waals surface area (Å²) >= 11 is 0. The molecule has 33 heavy (non-hydrogen) atoms. The molecule has 0 unspecified atom stereocenters. The van der Waals surface area contributed by atoms with Crippen LogP contribution in [0.1, 0.15) is 43.6 Å². The molecule has 8 nitrogen and oxygen atoms in total. The third-order valence-electron chi connectivity index (χ3n) is 5.89. The molecule has 0 aliphatic heterocycles. The first-order valence-electron chi connectivity index (χ1n) is 11.0. The van der Waals surface area contributed by atoms with Crippen molar-refractivity contribution in [1.82, 2.24) is 24.1 Å². The Bertz CT molecular complexity index is 1570. The first kappa shape index (κ1) is 20.8. The zero-order valence-electron chi connectivity index (χ0n) is 18.6. The third-order valence-corrected chi connectivity index (χ3v) is 5.89. The Hall–Kier alpha value is -4.07. The van der Waals surface area contributed by atoms with Gasteiger partial charge in [-0.05, 0) is 56.7 Å². The number of ether oxygens (including phenoxy) is 1. The molecule has 0 aliphatic rings. The van der Waals surface area contributed by atoms with Gasteiger partial charge < -0.3 is 4.74 Å². The average Bonchev–Trinajstić information content (AvgIpc) is 3.16. The predicted molar refractivity (Wildman–Crippen MR) is 127 cm³/mol. The number of hydrogen-bond donors (Lipinski definition) is 0. The fourth-order valence-corrected chi connectivity index (χ4v) is 3.97. The van der Waals surface area contributed by atoms with E-state index in [0.717, 1.165) is 17.6 Å². The number of carbonyl (C=O) groups is 1. The molecule has 1 atom stereocenters. The van der Waals surface area contributed by atoms with E-state index in [1.54, 1.807) is 42.1 Å². The molecule has 5 aromatic rings. The fraction of sp³-hybridized carbons (Fsp3) is 0.240. The van der Waals surface area contributed by atoms with Crippen LogP contribution in [0.4, 0.5) is 0 Å². The molecule has 0 saturated heterocycles. The molecule has 2 aromatic carbocycles. The van der Waals surface area contributed by atoms with E-state index in [2.05, 4.69) is 4.98 Å². The van der Waals surface area contributed by atoms with Crippen LogP contribution in [0.15, 0.2) is 59.7 Å². The second-order valence-electron chi connectivity index (χ2n) is 7.90. The van der Waals surface area contributed by atoms with Crippen LogP contribution in [-0.4, -0.2) is 36.7 Å². The van der Waals surface area contributed by atoms with Gasteiger partial charge in [0.15, 0.2) is 11.3 Å². The van der Waals surface area contributed by atoms with Gasteiger partial charge in [0.25, 0.3) is 5.56 Å². The fourth-order valence-electron chi connectivity index (χ4n) is 3.97. The molecule has 8 heteroatoms. The number of para-hydroxylation sites is 2. The smallest absolute Gasteiger partial charge is 0.338 e. The van der Waals surface area contributed by atoms with Crippen molar-refractivity contribution in [2.45, 2.75) is 33.2 Å². The molecule has 0 aliphatic carbocycles. The summed E-state index contributed by atoms with van der Waals surface area (Å²) in [4.78, 5) is 39.9. The van der Waals surface area contributed by atoms with Crippen LogP contribution in [-0.2, 0) is 4.74 Å². The minimum absolute atomic E-state index is 0.00470. The van der Waals surface area contributed by atoms with Crippen LogP contribution in [0.2, 0.25) is 0 Å². The number of esters is 1. The summed E-state index contributed by atoms with van der Waals surface area (Å²) in [5.41, 5.74) is 3.98. The van der Waals surface area contributed by atoms with Crippen LogP contribution in [0.25, 0.3) is 38.9 Å². The molecule has 166 valence electrons. The summed E-state index contributed by atoms with van der Waals surface area (Å²) in [5.74, 6) is -0.383. The number of rotatable bonds is 5. The van der Waals surface area contributed by atoms with E-state index in [1.165, 1.54) is 0 Å². The first-order valence-corrected chi connectivity index (χ1v) is 11.0. The van der Waals surface area contributed by atoms with Crippen molar-refractivity contribution in [2.75, 3.05) is 6.61 Å². The lowest BCUT2D eigenvalue weighted by molar-refractivity contribution is 0.0526. The largest absolute Gasteiger partial charge is 0.462 e. The molecule has 0 bridgehead atoms. The van der Waals surface area contributed by atoms with Gasteiger partial charge in [-0.2, -0.15) is 0 Å². The third kappa shape index (κ3) is 3.34. The molecule has 3 heterocycles. The van der Waals surface area contributed by atoms with Gasteiger partial charge in [-0.15, -0.1) is 0 Å². The van der Waals surface area contributed by atoms with E-state index < -0.39 is 0 Å². The highest BCUT2D eigenvalue weighted by Crippen LogP contribution is 2.28. The van der Waals surface area contributed by atoms with Gasteiger partial charge >= 0.3 is 5.97 Å². The van der Waals surface area contributed by atoms with Crippen molar-refractivity contribution in [1.29, 1.82) is 0 Å². The summed E-state index contributed by atoms with van der Waals surface area (Å²) in [6, 6.07) is 14.5. The van der Waals surface area contributed by atoms with Gasteiger partial charge in [0.2, 0.25) is 0 Å². The molecule has 0 spiro atoms. The van der Waals surface area contributed by atoms with Crippen molar-refractivity contribution in [3.63, 3.8) is 0 Å². The Kier molecular flexibility index (Phi) is 5.12. The number of nitrogens with zero attached hydrogens (tertiary/aromatic N) is 5. The van der Waals surface area contributed by atoms with Gasteiger partial charge in [0, 0.05) is 11.7 Å². The zero-order chi connectivity index (χ0) is 23.1. The Morgan fingerprint density at radius 3 is 2.36 bits per heavy atom. The Balaban J connectivity index is 1.83. The van der Waals surface area contributed by atoms with Crippen molar-refractivity contribution in [2.24, 2.45) is 0 Å². The number of aromatic nitrogens is 5. The number of benzene rings is 2. The van der Waals surface area contributed by atoms with Gasteiger partial charge in [0.05, 0.1) is 23.2 Å². The van der Waals surface area contributed by atoms with E-state index in [-0.39, 0.29) is 17.6 Å². The van der Waals surface area contributed by atoms with Gasteiger partial charge in [-0.1, -0.05) is 19.1 Å². The van der Waals surface area contributed by atoms with Gasteiger partial charge in [-0.3, -0.25) is 13.9 Å². The Morgan fingerprint density at radius 1 is 1.00 bits per heavy atom. The monoisotopic (exact) mass is 441 g/mol. The highest BCUT2D eigenvalue weighted by molar-refractivity contribution is 6.05. The molecule has 0 N–H and O–H groups in total. The van der Waals surface area contributed by atoms with Crippen LogP contribution in [0, 0.1) is 0 Å². The Labute approximate surface area is 189 Å². The maximum absolute atomic E-state index is 13.5. The molecule has 0 radical (unpaired) electrons. The topological polar surface area (TPSA) is 91.9 Å². The minimum atomic E-state index is -0.383. The van der Waals surface area contributed by atoms with E-state index >= 15 is 0 Å². The summed E-state index contributed by atoms with van der Waals surface area (Å²) in [7, 11) is 0. The van der Waals surface area contributed by atoms with Crippen LogP contribution >= 0.6 is 0 Å². The molecule has 3 aromatic heterocycles. The first-order chi connectivity index (χ1) is 16.0. The predicted octanol–water partition coefficient (Wildman–Crippen LogP) is 4.43. The molecule has 5 rings (SSSR count). The summed E-state index contributed by atoms with van der Waals surface area (Å²) in [6.45, 7) is 6.10. The van der Waals surface area contributed by atoms with Gasteiger partial charge in [0.1, 0.15) is 17.2 Å². The zero-order valence-corrected chi connectivity index (χ0v) is 18.6. The Morgan fingerprint density at radius 2 is 1.70 bits per heavy atom. The van der Waals surface area contributed by atoms with E-state index in [9.17, 15) is 9.59 Å². The second-order valence-corrected chi connectivity index (χ2v) is 7.90. The molecule has 0 saturated carbocycles. The van der Waals surface area contributed by atoms with E-state index in [1.807, 2.05) is 42.7 Å². The van der Waals surface area contributed by atoms with Crippen molar-refractivity contribution < 1.29 is 9.53 Å². The van der Waals surface area contributed by atoms with Crippen LogP contribution < -0.4 is 5.56 Å². The van der Waals surface area contributed by atoms with E-state index in [4.69, 9.17) is 14.7 Å². The molecule has 0 fully saturated rings. The van der Waals surface area contributed by atoms with Crippen molar-refractivity contribution in [3.8, 4) is 5.69 Å². The maximum Gasteiger partial charge on any atom is 0.338 e. The number of carbonyl (C=O) groups excluding carboxylic acids is 1. The standard InChI is InChI=1S/C25H23N5O3/c1-4-15(3)29-14-26-22-20(24(29)31)21-23(28-19-9-7-6-8-18(19)27-21)30(22)17-12-10-16(11-13-17)25(32)33-5-2/h6-15H,4-5H2,1-3H3/t15-/m0/s1. The SMILES string of the molecule is CCOC(=O)c1ccc(-n2c3nc4ccccc4nc3c3c(=O)n([C@@H](C)CC)cnc32)cc1. The summed E-state index contributed by atoms with van der Waals surface area (Å²) in [5, 5.41) is 0.431. The van der Waals surface area contributed by atoms with E-state index in [0.29, 0.717) is 39.9 Å². The molecular weight excluding hydrogens is 418 g/mol. The lowest BCUT2D eigenvalue weighted by Crippen LogP contribution is -2.23. The summed E-state index contributed by atoms with van der Waals surface area (Å²) in [6.07, 6.45) is 2.39. The van der Waals surface area contributed by atoms with Crippen LogP contribution in [0.5, 0.6) is 0 Å². The van der Waals surface area contributed by atoms with Crippen molar-refractivity contribution >= 4 is 39.2 Å². The minimum Gasteiger partial charge on any atom is -0.462 e.